The fourth-order valence-corrected chi connectivity index (χ4v) is 2.24. The van der Waals surface area contributed by atoms with Gasteiger partial charge in [0.25, 0.3) is 0 Å². The van der Waals surface area contributed by atoms with Crippen LogP contribution in [0.25, 0.3) is 11.0 Å². The molecule has 0 spiro atoms. The van der Waals surface area contributed by atoms with Crippen LogP contribution in [0, 0.1) is 5.82 Å². The van der Waals surface area contributed by atoms with Gasteiger partial charge in [0, 0.05) is 19.0 Å². The van der Waals surface area contributed by atoms with Crippen molar-refractivity contribution in [3.63, 3.8) is 0 Å². The summed E-state index contributed by atoms with van der Waals surface area (Å²) in [5, 5.41) is 3.14. The number of nitrogens with one attached hydrogen (secondary N) is 1. The van der Waals surface area contributed by atoms with E-state index in [-0.39, 0.29) is 5.82 Å². The third kappa shape index (κ3) is 2.70. The number of nitrogens with zero attached hydrogens (tertiary/aromatic N) is 2. The number of imidazole rings is 1. The lowest BCUT2D eigenvalue weighted by molar-refractivity contribution is 0.624. The van der Waals surface area contributed by atoms with Gasteiger partial charge in [0.05, 0.1) is 11.0 Å². The van der Waals surface area contributed by atoms with Gasteiger partial charge >= 0.3 is 0 Å². The Balaban J connectivity index is 2.34. The molecule has 0 aliphatic carbocycles. The quantitative estimate of drug-likeness (QED) is 0.798. The number of aryl methyl sites for hydroxylation is 2. The van der Waals surface area contributed by atoms with Crippen LogP contribution in [0.15, 0.2) is 18.2 Å². The minimum absolute atomic E-state index is 0.217. The summed E-state index contributed by atoms with van der Waals surface area (Å²) in [6.45, 7) is 4.06. The van der Waals surface area contributed by atoms with Crippen LogP contribution < -0.4 is 5.32 Å². The predicted octanol–water partition coefficient (Wildman–Crippen LogP) is 2.74. The van der Waals surface area contributed by atoms with Crippen LogP contribution in [0.1, 0.15) is 25.6 Å². The fourth-order valence-electron chi connectivity index (χ4n) is 2.24. The van der Waals surface area contributed by atoms with Crippen molar-refractivity contribution in [2.45, 2.75) is 32.7 Å². The Hall–Kier alpha value is -1.42. The maximum absolute atomic E-state index is 13.2. The zero-order chi connectivity index (χ0) is 13.0. The average molecular weight is 249 g/mol. The minimum atomic E-state index is -0.217. The van der Waals surface area contributed by atoms with Crippen LogP contribution in [0.2, 0.25) is 0 Å². The zero-order valence-corrected chi connectivity index (χ0v) is 11.0. The second-order valence-corrected chi connectivity index (χ2v) is 4.52. The molecule has 18 heavy (non-hydrogen) atoms. The van der Waals surface area contributed by atoms with Crippen LogP contribution in [0.5, 0.6) is 0 Å². The van der Waals surface area contributed by atoms with Gasteiger partial charge in [-0.1, -0.05) is 6.92 Å². The van der Waals surface area contributed by atoms with E-state index in [0.717, 1.165) is 49.2 Å². The third-order valence-corrected chi connectivity index (χ3v) is 3.06. The van der Waals surface area contributed by atoms with E-state index in [2.05, 4.69) is 21.8 Å². The summed E-state index contributed by atoms with van der Waals surface area (Å²) in [5.41, 5.74) is 1.81. The lowest BCUT2D eigenvalue weighted by Crippen LogP contribution is -2.11. The van der Waals surface area contributed by atoms with Crippen molar-refractivity contribution >= 4 is 11.0 Å². The van der Waals surface area contributed by atoms with Crippen molar-refractivity contribution in [1.82, 2.24) is 14.9 Å². The van der Waals surface area contributed by atoms with Gasteiger partial charge in [-0.2, -0.15) is 0 Å². The maximum Gasteiger partial charge on any atom is 0.125 e. The molecule has 3 nitrogen and oxygen atoms in total. The maximum atomic E-state index is 13.2. The molecule has 0 bridgehead atoms. The molecule has 1 heterocycles. The monoisotopic (exact) mass is 249 g/mol. The SMILES string of the molecule is CCCn1c(CCCNC)nc2cc(F)ccc21. The second kappa shape index (κ2) is 5.96. The van der Waals surface area contributed by atoms with Gasteiger partial charge in [-0.05, 0) is 38.6 Å². The van der Waals surface area contributed by atoms with E-state index in [9.17, 15) is 4.39 Å². The first-order valence-electron chi connectivity index (χ1n) is 6.55. The molecule has 0 saturated carbocycles. The van der Waals surface area contributed by atoms with Gasteiger partial charge in [-0.3, -0.25) is 0 Å². The molecule has 0 amide bonds. The second-order valence-electron chi connectivity index (χ2n) is 4.52. The topological polar surface area (TPSA) is 29.9 Å². The first kappa shape index (κ1) is 13.0. The molecule has 0 fully saturated rings. The summed E-state index contributed by atoms with van der Waals surface area (Å²) in [6.07, 6.45) is 3.03. The normalized spacial score (nSPS) is 11.3. The van der Waals surface area contributed by atoms with E-state index >= 15 is 0 Å². The van der Waals surface area contributed by atoms with E-state index in [4.69, 9.17) is 0 Å². The molecule has 0 saturated heterocycles. The number of benzene rings is 1. The van der Waals surface area contributed by atoms with Gasteiger partial charge in [0.15, 0.2) is 0 Å². The highest BCUT2D eigenvalue weighted by Crippen LogP contribution is 2.19. The third-order valence-electron chi connectivity index (χ3n) is 3.06. The van der Waals surface area contributed by atoms with Crippen LogP contribution >= 0.6 is 0 Å². The van der Waals surface area contributed by atoms with E-state index in [1.54, 1.807) is 0 Å². The largest absolute Gasteiger partial charge is 0.328 e. The molecule has 0 radical (unpaired) electrons. The van der Waals surface area contributed by atoms with Crippen LogP contribution in [0.4, 0.5) is 4.39 Å². The van der Waals surface area contributed by atoms with E-state index in [0.29, 0.717) is 0 Å². The molecule has 4 heteroatoms. The Morgan fingerprint density at radius 3 is 2.94 bits per heavy atom. The van der Waals surface area contributed by atoms with Gasteiger partial charge in [-0.25, -0.2) is 9.37 Å². The van der Waals surface area contributed by atoms with E-state index in [1.807, 2.05) is 13.1 Å². The summed E-state index contributed by atoms with van der Waals surface area (Å²) < 4.78 is 15.4. The molecule has 0 aliphatic heterocycles. The Morgan fingerprint density at radius 1 is 1.39 bits per heavy atom. The van der Waals surface area contributed by atoms with Gasteiger partial charge in [0.2, 0.25) is 0 Å². The summed E-state index contributed by atoms with van der Waals surface area (Å²) in [7, 11) is 1.95. The summed E-state index contributed by atoms with van der Waals surface area (Å²) in [5.74, 6) is 0.845. The Morgan fingerprint density at radius 2 is 2.22 bits per heavy atom. The number of rotatable bonds is 6. The van der Waals surface area contributed by atoms with Crippen molar-refractivity contribution < 1.29 is 4.39 Å². The standard InChI is InChI=1S/C14H20FN3/c1-3-9-18-13-7-6-11(15)10-12(13)17-14(18)5-4-8-16-2/h6-7,10,16H,3-5,8-9H2,1-2H3. The number of aromatic nitrogens is 2. The van der Waals surface area contributed by atoms with E-state index < -0.39 is 0 Å². The molecule has 2 rings (SSSR count). The van der Waals surface area contributed by atoms with Gasteiger partial charge in [0.1, 0.15) is 11.6 Å². The van der Waals surface area contributed by atoms with Crippen molar-refractivity contribution in [2.24, 2.45) is 0 Å². The first-order valence-corrected chi connectivity index (χ1v) is 6.55. The molecule has 0 unspecified atom stereocenters. The molecule has 1 aromatic carbocycles. The number of halogens is 1. The Labute approximate surface area is 107 Å². The van der Waals surface area contributed by atoms with Crippen molar-refractivity contribution in [2.75, 3.05) is 13.6 Å². The van der Waals surface area contributed by atoms with E-state index in [1.165, 1.54) is 12.1 Å². The van der Waals surface area contributed by atoms with Crippen LogP contribution in [-0.4, -0.2) is 23.1 Å². The van der Waals surface area contributed by atoms with Crippen molar-refractivity contribution in [1.29, 1.82) is 0 Å². The molecule has 1 aromatic heterocycles. The first-order chi connectivity index (χ1) is 8.76. The van der Waals surface area contributed by atoms with Gasteiger partial charge < -0.3 is 9.88 Å². The number of hydrogen-bond acceptors (Lipinski definition) is 2. The highest BCUT2D eigenvalue weighted by atomic mass is 19.1. The lowest BCUT2D eigenvalue weighted by atomic mass is 10.3. The summed E-state index contributed by atoms with van der Waals surface area (Å²) >= 11 is 0. The smallest absolute Gasteiger partial charge is 0.125 e. The van der Waals surface area contributed by atoms with Crippen LogP contribution in [-0.2, 0) is 13.0 Å². The number of fused-ring (bicyclic) bond motifs is 1. The molecule has 0 aliphatic rings. The molecule has 98 valence electrons. The molecular weight excluding hydrogens is 229 g/mol. The lowest BCUT2D eigenvalue weighted by Gasteiger charge is -2.07. The average Bonchev–Trinajstić information content (AvgIpc) is 2.68. The minimum Gasteiger partial charge on any atom is -0.328 e. The molecule has 0 atom stereocenters. The summed E-state index contributed by atoms with van der Waals surface area (Å²) in [6, 6.07) is 4.85. The Bertz CT molecular complexity index is 519. The zero-order valence-electron chi connectivity index (χ0n) is 11.0. The van der Waals surface area contributed by atoms with Crippen LogP contribution in [0.3, 0.4) is 0 Å². The molecular formula is C14H20FN3. The highest BCUT2D eigenvalue weighted by Gasteiger charge is 2.10. The Kier molecular flexibility index (Phi) is 4.31. The fraction of sp³-hybridized carbons (Fsp3) is 0.500. The van der Waals surface area contributed by atoms with Crippen molar-refractivity contribution in [3.05, 3.63) is 29.8 Å². The molecule has 2 aromatic rings. The summed E-state index contributed by atoms with van der Waals surface area (Å²) in [4.78, 5) is 4.56. The van der Waals surface area contributed by atoms with Gasteiger partial charge in [-0.15, -0.1) is 0 Å². The van der Waals surface area contributed by atoms with Crippen molar-refractivity contribution in [3.8, 4) is 0 Å². The predicted molar refractivity (Wildman–Crippen MR) is 72.2 cm³/mol. The molecule has 1 N–H and O–H groups in total. The number of hydrogen-bond donors (Lipinski definition) is 1. The highest BCUT2D eigenvalue weighted by molar-refractivity contribution is 5.76.